The summed E-state index contributed by atoms with van der Waals surface area (Å²) in [6.07, 6.45) is -0.880. The second-order valence-electron chi connectivity index (χ2n) is 9.23. The maximum Gasteiger partial charge on any atom is 0.411 e. The molecule has 1 saturated heterocycles. The molecule has 0 spiro atoms. The molecule has 178 valence electrons. The molecule has 0 saturated carbocycles. The first-order valence-corrected chi connectivity index (χ1v) is 11.1. The van der Waals surface area contributed by atoms with Crippen LogP contribution in [0.5, 0.6) is 11.6 Å². The molecular formula is C26H28N2O6. The van der Waals surface area contributed by atoms with Crippen LogP contribution >= 0.6 is 0 Å². The fourth-order valence-corrected chi connectivity index (χ4v) is 3.99. The number of phenols is 1. The summed E-state index contributed by atoms with van der Waals surface area (Å²) in [5.41, 5.74) is 1.46. The van der Waals surface area contributed by atoms with Crippen LogP contribution in [0, 0.1) is 0 Å². The number of nitrogens with zero attached hydrogens (tertiary/aromatic N) is 2. The number of likely N-dealkylation sites (tertiary alicyclic amines) is 1. The third kappa shape index (κ3) is 5.06. The number of hydrogen-bond acceptors (Lipinski definition) is 7. The second-order valence-corrected chi connectivity index (χ2v) is 9.23. The molecule has 0 bridgehead atoms. The highest BCUT2D eigenvalue weighted by molar-refractivity contribution is 5.86. The Bertz CT molecular complexity index is 1220. The summed E-state index contributed by atoms with van der Waals surface area (Å²) in [6.45, 7) is 5.44. The first-order chi connectivity index (χ1) is 16.1. The standard InChI is InChI=1S/C26H28N2O6/c1-26(2,3)34-25(31)28-15-19(14-22(28)24(30)32-4)33-23-20(16-9-7-10-18(29)12-16)13-17-8-5-6-11-21(17)27-23/h5-13,19,22,29H,14-15H2,1-4H3. The first kappa shape index (κ1) is 23.4. The topological polar surface area (TPSA) is 98.2 Å². The van der Waals surface area contributed by atoms with Crippen LogP contribution in [0.4, 0.5) is 4.79 Å². The maximum atomic E-state index is 12.8. The average Bonchev–Trinajstić information content (AvgIpc) is 3.21. The highest BCUT2D eigenvalue weighted by Gasteiger charge is 2.43. The van der Waals surface area contributed by atoms with Gasteiger partial charge in [0, 0.05) is 17.4 Å². The molecule has 2 heterocycles. The zero-order valence-electron chi connectivity index (χ0n) is 19.6. The Morgan fingerprint density at radius 1 is 1.09 bits per heavy atom. The van der Waals surface area contributed by atoms with Crippen molar-refractivity contribution in [3.05, 3.63) is 54.6 Å². The number of aromatic hydroxyl groups is 1. The van der Waals surface area contributed by atoms with E-state index in [1.165, 1.54) is 12.0 Å². The van der Waals surface area contributed by atoms with Crippen molar-refractivity contribution < 1.29 is 28.9 Å². The fourth-order valence-electron chi connectivity index (χ4n) is 3.99. The minimum atomic E-state index is -0.825. The Labute approximate surface area is 198 Å². The van der Waals surface area contributed by atoms with Gasteiger partial charge in [-0.25, -0.2) is 14.6 Å². The van der Waals surface area contributed by atoms with Crippen molar-refractivity contribution in [3.63, 3.8) is 0 Å². The zero-order valence-corrected chi connectivity index (χ0v) is 19.6. The number of carbonyl (C=O) groups excluding carboxylic acids is 2. The molecule has 1 N–H and O–H groups in total. The summed E-state index contributed by atoms with van der Waals surface area (Å²) in [7, 11) is 1.29. The number of methoxy groups -OCH3 is 1. The van der Waals surface area contributed by atoms with E-state index >= 15 is 0 Å². The molecule has 1 fully saturated rings. The lowest BCUT2D eigenvalue weighted by Gasteiger charge is -2.27. The predicted molar refractivity (Wildman–Crippen MR) is 127 cm³/mol. The van der Waals surface area contributed by atoms with Crippen molar-refractivity contribution in [2.45, 2.75) is 44.9 Å². The number of para-hydroxylation sites is 1. The molecular weight excluding hydrogens is 436 g/mol. The smallest absolute Gasteiger partial charge is 0.411 e. The molecule has 0 radical (unpaired) electrons. The van der Waals surface area contributed by atoms with Gasteiger partial charge in [0.25, 0.3) is 0 Å². The van der Waals surface area contributed by atoms with Crippen LogP contribution < -0.4 is 4.74 Å². The van der Waals surface area contributed by atoms with Crippen molar-refractivity contribution in [2.24, 2.45) is 0 Å². The van der Waals surface area contributed by atoms with Crippen molar-refractivity contribution >= 4 is 23.0 Å². The molecule has 34 heavy (non-hydrogen) atoms. The van der Waals surface area contributed by atoms with Gasteiger partial charge in [0.05, 0.1) is 19.2 Å². The van der Waals surface area contributed by atoms with Crippen molar-refractivity contribution in [1.29, 1.82) is 0 Å². The largest absolute Gasteiger partial charge is 0.508 e. The lowest BCUT2D eigenvalue weighted by Crippen LogP contribution is -2.44. The Morgan fingerprint density at radius 2 is 1.85 bits per heavy atom. The number of pyridine rings is 1. The van der Waals surface area contributed by atoms with Crippen LogP contribution in [-0.2, 0) is 14.3 Å². The van der Waals surface area contributed by atoms with Gasteiger partial charge in [-0.15, -0.1) is 0 Å². The van der Waals surface area contributed by atoms with Gasteiger partial charge in [0.2, 0.25) is 5.88 Å². The van der Waals surface area contributed by atoms with Gasteiger partial charge in [-0.05, 0) is 50.6 Å². The van der Waals surface area contributed by atoms with Crippen LogP contribution in [0.15, 0.2) is 54.6 Å². The van der Waals surface area contributed by atoms with Crippen molar-refractivity contribution in [3.8, 4) is 22.8 Å². The molecule has 1 aliphatic rings. The second kappa shape index (κ2) is 9.21. The molecule has 1 aliphatic heterocycles. The minimum absolute atomic E-state index is 0.124. The van der Waals surface area contributed by atoms with Gasteiger partial charge in [-0.2, -0.15) is 0 Å². The van der Waals surface area contributed by atoms with Gasteiger partial charge in [-0.1, -0.05) is 30.3 Å². The van der Waals surface area contributed by atoms with Crippen molar-refractivity contribution in [1.82, 2.24) is 9.88 Å². The summed E-state index contributed by atoms with van der Waals surface area (Å²) in [5, 5.41) is 10.9. The number of ether oxygens (including phenoxy) is 3. The molecule has 2 aromatic carbocycles. The predicted octanol–water partition coefficient (Wildman–Crippen LogP) is 4.54. The van der Waals surface area contributed by atoms with E-state index in [0.29, 0.717) is 11.4 Å². The Hall–Kier alpha value is -3.81. The number of fused-ring (bicyclic) bond motifs is 1. The Balaban J connectivity index is 1.68. The van der Waals surface area contributed by atoms with E-state index in [9.17, 15) is 14.7 Å². The fraction of sp³-hybridized carbons (Fsp3) is 0.346. The van der Waals surface area contributed by atoms with Gasteiger partial charge in [-0.3, -0.25) is 4.90 Å². The average molecular weight is 465 g/mol. The summed E-state index contributed by atoms with van der Waals surface area (Å²) in [6, 6.07) is 15.6. The van der Waals surface area contributed by atoms with Gasteiger partial charge < -0.3 is 19.3 Å². The van der Waals surface area contributed by atoms with Crippen LogP contribution in [0.1, 0.15) is 27.2 Å². The van der Waals surface area contributed by atoms with E-state index in [0.717, 1.165) is 16.5 Å². The van der Waals surface area contributed by atoms with E-state index in [2.05, 4.69) is 0 Å². The van der Waals surface area contributed by atoms with Crippen LogP contribution in [0.3, 0.4) is 0 Å². The number of aromatic nitrogens is 1. The molecule has 0 aliphatic carbocycles. The molecule has 4 rings (SSSR count). The Kier molecular flexibility index (Phi) is 6.32. The highest BCUT2D eigenvalue weighted by atomic mass is 16.6. The minimum Gasteiger partial charge on any atom is -0.508 e. The number of esters is 1. The molecule has 8 heteroatoms. The van der Waals surface area contributed by atoms with Crippen LogP contribution in [0.2, 0.25) is 0 Å². The third-order valence-electron chi connectivity index (χ3n) is 5.49. The van der Waals surface area contributed by atoms with Gasteiger partial charge >= 0.3 is 12.1 Å². The summed E-state index contributed by atoms with van der Waals surface area (Å²) in [4.78, 5) is 31.3. The molecule has 3 aromatic rings. The van der Waals surface area contributed by atoms with E-state index in [1.807, 2.05) is 36.4 Å². The van der Waals surface area contributed by atoms with E-state index < -0.39 is 29.8 Å². The summed E-state index contributed by atoms with van der Waals surface area (Å²) >= 11 is 0. The number of phenolic OH excluding ortho intramolecular Hbond substituents is 1. The normalized spacial score (nSPS) is 18.1. The molecule has 1 amide bonds. The zero-order chi connectivity index (χ0) is 24.5. The van der Waals surface area contributed by atoms with Crippen molar-refractivity contribution in [2.75, 3.05) is 13.7 Å². The summed E-state index contributed by atoms with van der Waals surface area (Å²) in [5.74, 6) is -0.0556. The van der Waals surface area contributed by atoms with Crippen LogP contribution in [0.25, 0.3) is 22.0 Å². The number of carbonyl (C=O) groups is 2. The molecule has 1 aromatic heterocycles. The highest BCUT2D eigenvalue weighted by Crippen LogP contribution is 2.35. The quantitative estimate of drug-likeness (QED) is 0.566. The van der Waals surface area contributed by atoms with Crippen LogP contribution in [-0.4, -0.2) is 58.5 Å². The van der Waals surface area contributed by atoms with E-state index in [1.54, 1.807) is 39.0 Å². The van der Waals surface area contributed by atoms with Gasteiger partial charge in [0.15, 0.2) is 0 Å². The monoisotopic (exact) mass is 464 g/mol. The molecule has 8 nitrogen and oxygen atoms in total. The molecule has 2 unspecified atom stereocenters. The number of hydrogen-bond donors (Lipinski definition) is 1. The van der Waals surface area contributed by atoms with Gasteiger partial charge in [0.1, 0.15) is 23.5 Å². The summed E-state index contributed by atoms with van der Waals surface area (Å²) < 4.78 is 16.7. The maximum absolute atomic E-state index is 12.8. The Morgan fingerprint density at radius 3 is 2.56 bits per heavy atom. The lowest BCUT2D eigenvalue weighted by atomic mass is 10.0. The molecule has 2 atom stereocenters. The van der Waals surface area contributed by atoms with E-state index in [-0.39, 0.29) is 18.7 Å². The number of rotatable bonds is 4. The number of amides is 1. The number of benzene rings is 2. The van der Waals surface area contributed by atoms with E-state index in [4.69, 9.17) is 19.2 Å². The third-order valence-corrected chi connectivity index (χ3v) is 5.49. The lowest BCUT2D eigenvalue weighted by molar-refractivity contribution is -0.145. The SMILES string of the molecule is COC(=O)C1CC(Oc2nc3ccccc3cc2-c2cccc(O)c2)CN1C(=O)OC(C)(C)C. The first-order valence-electron chi connectivity index (χ1n) is 11.1.